The molecular formula is C45H37N3O4S4. The van der Waals surface area contributed by atoms with Crippen molar-refractivity contribution in [1.82, 2.24) is 4.58 Å². The fourth-order valence-electron chi connectivity index (χ4n) is 8.75. The average Bonchev–Trinajstić information content (AvgIpc) is 3.75. The lowest BCUT2D eigenvalue weighted by Gasteiger charge is -2.43. The average molecular weight is 812 g/mol. The molecule has 0 fully saturated rings. The number of fused-ring (bicyclic) bond motifs is 12. The van der Waals surface area contributed by atoms with Crippen LogP contribution < -0.4 is 30.5 Å². The molecule has 56 heavy (non-hydrogen) atoms. The number of rotatable bonds is 2. The Morgan fingerprint density at radius 2 is 1.43 bits per heavy atom. The van der Waals surface area contributed by atoms with Gasteiger partial charge in [-0.25, -0.2) is 13.0 Å². The standard InChI is InChI=1S/C43H35N3O4S3.C2H2S/c1-42(2)38-23-11-7-9-13-34(23)51-40(38)25-18-27-32(20-30(25)45(42)5)50-33-21-31-26(19-28(33)37(27)29-17-22(44)15-16-36(29)53(47,48)49)41-39(43(3,4)46(31)6)24-12-8-10-14-35(24)52-41;1-2-3/h7-21H,44H2,1-6H3;1H2. The third-order valence-electron chi connectivity index (χ3n) is 11.8. The van der Waals surface area contributed by atoms with Gasteiger partial charge in [-0.15, -0.1) is 22.7 Å². The molecule has 0 amide bonds. The third kappa shape index (κ3) is 5.12. The van der Waals surface area contributed by atoms with Crippen LogP contribution in [0.5, 0.6) is 11.5 Å². The molecule has 7 nitrogen and oxygen atoms in total. The molecule has 0 saturated heterocycles. The summed E-state index contributed by atoms with van der Waals surface area (Å²) in [5, 5.41) is 6.22. The summed E-state index contributed by atoms with van der Waals surface area (Å²) in [6.07, 6.45) is 0. The van der Waals surface area contributed by atoms with E-state index < -0.39 is 10.1 Å². The summed E-state index contributed by atoms with van der Waals surface area (Å²) in [7, 11) is -0.681. The second kappa shape index (κ2) is 12.4. The van der Waals surface area contributed by atoms with Crippen LogP contribution in [0.3, 0.4) is 0 Å². The molecule has 0 saturated carbocycles. The van der Waals surface area contributed by atoms with E-state index in [2.05, 4.69) is 148 Å². The number of thiophene rings is 2. The van der Waals surface area contributed by atoms with Crippen LogP contribution >= 0.6 is 34.9 Å². The van der Waals surface area contributed by atoms with Crippen LogP contribution in [0.25, 0.3) is 46.6 Å². The zero-order valence-corrected chi connectivity index (χ0v) is 34.9. The van der Waals surface area contributed by atoms with E-state index in [1.807, 2.05) is 0 Å². The first-order valence-electron chi connectivity index (χ1n) is 18.0. The Hall–Kier alpha value is -5.13. The molecule has 3 aliphatic heterocycles. The first-order valence-corrected chi connectivity index (χ1v) is 21.5. The zero-order chi connectivity index (χ0) is 39.6. The van der Waals surface area contributed by atoms with E-state index in [0.717, 1.165) is 31.9 Å². The van der Waals surface area contributed by atoms with Gasteiger partial charge in [0.2, 0.25) is 5.36 Å². The van der Waals surface area contributed by atoms with Crippen molar-refractivity contribution in [3.8, 4) is 32.4 Å². The van der Waals surface area contributed by atoms with Gasteiger partial charge in [0, 0.05) is 96.6 Å². The Morgan fingerprint density at radius 1 is 0.821 bits per heavy atom. The monoisotopic (exact) mass is 811 g/mol. The van der Waals surface area contributed by atoms with Crippen LogP contribution in [0.2, 0.25) is 0 Å². The van der Waals surface area contributed by atoms with Crippen molar-refractivity contribution >= 4 is 87.2 Å². The van der Waals surface area contributed by atoms with Crippen LogP contribution in [0.1, 0.15) is 49.9 Å². The molecule has 0 bridgehead atoms. The molecule has 2 aromatic heterocycles. The molecular weight excluding hydrogens is 775 g/mol. The fourth-order valence-corrected chi connectivity index (χ4v) is 12.2. The molecule has 11 heteroatoms. The predicted octanol–water partition coefficient (Wildman–Crippen LogP) is 9.11. The van der Waals surface area contributed by atoms with E-state index in [9.17, 15) is 13.0 Å². The fraction of sp³-hybridized carbons (Fsp3) is 0.178. The highest BCUT2D eigenvalue weighted by Gasteiger charge is 2.43. The molecule has 3 aliphatic rings. The number of anilines is 2. The second-order valence-electron chi connectivity index (χ2n) is 15.4. The van der Waals surface area contributed by atoms with Gasteiger partial charge < -0.3 is 19.9 Å². The van der Waals surface area contributed by atoms with Crippen LogP contribution in [-0.2, 0) is 21.2 Å². The van der Waals surface area contributed by atoms with Crippen molar-refractivity contribution in [2.24, 2.45) is 0 Å². The van der Waals surface area contributed by atoms with Crippen LogP contribution in [0.15, 0.2) is 102 Å². The van der Waals surface area contributed by atoms with Gasteiger partial charge >= 0.3 is 0 Å². The van der Waals surface area contributed by atoms with Gasteiger partial charge in [0.05, 0.1) is 26.9 Å². The van der Waals surface area contributed by atoms with Crippen molar-refractivity contribution in [3.63, 3.8) is 0 Å². The molecule has 0 spiro atoms. The summed E-state index contributed by atoms with van der Waals surface area (Å²) in [5.41, 5.74) is 13.2. The molecule has 0 unspecified atom stereocenters. The van der Waals surface area contributed by atoms with E-state index in [1.165, 1.54) is 43.4 Å². The Labute approximate surface area is 338 Å². The van der Waals surface area contributed by atoms with E-state index in [1.54, 1.807) is 28.7 Å². The predicted molar refractivity (Wildman–Crippen MR) is 234 cm³/mol. The van der Waals surface area contributed by atoms with Gasteiger partial charge in [0.25, 0.3) is 0 Å². The molecule has 0 radical (unpaired) electrons. The summed E-state index contributed by atoms with van der Waals surface area (Å²) in [6.45, 7) is 12.0. The first kappa shape index (κ1) is 36.5. The first-order chi connectivity index (χ1) is 26.6. The quantitative estimate of drug-likeness (QED) is 0.0805. The molecule has 7 aromatic rings. The van der Waals surface area contributed by atoms with Gasteiger partial charge in [-0.1, -0.05) is 41.4 Å². The molecule has 10 rings (SSSR count). The summed E-state index contributed by atoms with van der Waals surface area (Å²) in [6, 6.07) is 29.7. The molecule has 0 aliphatic carbocycles. The minimum Gasteiger partial charge on any atom is -0.744 e. The topological polar surface area (TPSA) is 98.7 Å². The summed E-state index contributed by atoms with van der Waals surface area (Å²) in [4.78, 5) is 4.29. The molecule has 5 aromatic carbocycles. The van der Waals surface area contributed by atoms with Gasteiger partial charge in [-0.2, -0.15) is 0 Å². The molecule has 0 atom stereocenters. The van der Waals surface area contributed by atoms with E-state index in [0.29, 0.717) is 33.5 Å². The van der Waals surface area contributed by atoms with Crippen molar-refractivity contribution in [1.29, 1.82) is 0 Å². The van der Waals surface area contributed by atoms with Gasteiger partial charge in [-0.3, -0.25) is 0 Å². The van der Waals surface area contributed by atoms with Crippen LogP contribution in [-0.4, -0.2) is 32.1 Å². The van der Waals surface area contributed by atoms with Crippen LogP contribution in [0, 0.1) is 0 Å². The number of nitrogens with zero attached hydrogens (tertiary/aromatic N) is 2. The lowest BCUT2D eigenvalue weighted by atomic mass is 9.81. The smallest absolute Gasteiger partial charge is 0.212 e. The number of hydrogen-bond acceptors (Lipinski definition) is 9. The SMILES string of the molecule is C=C=S.CN1c2cc3c(cc2-c2sc4ccccc4c2C1(C)C)C(c1cc(N)ccc1S(=O)(=O)[O-])=c1cc2c(cc1O3)=[N+](C)C(C)(C)c1c-2sc2ccccc12. The highest BCUT2D eigenvalue weighted by Crippen LogP contribution is 2.56. The van der Waals surface area contributed by atoms with E-state index in [-0.39, 0.29) is 21.5 Å². The third-order valence-corrected chi connectivity index (χ3v) is 15.1. The molecule has 2 N–H and O–H groups in total. The Bertz CT molecular complexity index is 3170. The molecule has 280 valence electrons. The highest BCUT2D eigenvalue weighted by molar-refractivity contribution is 7.85. The Morgan fingerprint density at radius 3 is 2.07 bits per heavy atom. The summed E-state index contributed by atoms with van der Waals surface area (Å²) in [5.74, 6) is 1.16. The van der Waals surface area contributed by atoms with Gasteiger partial charge in [0.15, 0.2) is 5.54 Å². The Kier molecular flexibility index (Phi) is 8.11. The van der Waals surface area contributed by atoms with Crippen LogP contribution in [0.4, 0.5) is 11.4 Å². The lowest BCUT2D eigenvalue weighted by Crippen LogP contribution is -2.46. The van der Waals surface area contributed by atoms with E-state index in [4.69, 9.17) is 10.5 Å². The van der Waals surface area contributed by atoms with Gasteiger partial charge in [-0.05, 0) is 80.5 Å². The van der Waals surface area contributed by atoms with Crippen molar-refractivity contribution < 1.29 is 17.7 Å². The van der Waals surface area contributed by atoms with Crippen molar-refractivity contribution in [2.75, 3.05) is 24.7 Å². The highest BCUT2D eigenvalue weighted by atomic mass is 32.2. The van der Waals surface area contributed by atoms with E-state index >= 15 is 0 Å². The lowest BCUT2D eigenvalue weighted by molar-refractivity contribution is 0.371. The van der Waals surface area contributed by atoms with Crippen molar-refractivity contribution in [2.45, 2.75) is 43.7 Å². The number of ether oxygens (including phenoxy) is 1. The van der Waals surface area contributed by atoms with Crippen molar-refractivity contribution in [3.05, 3.63) is 130 Å². The van der Waals surface area contributed by atoms with Gasteiger partial charge in [0.1, 0.15) is 28.7 Å². The normalized spacial score (nSPS) is 15.7. The maximum Gasteiger partial charge on any atom is 0.212 e. The minimum absolute atomic E-state index is 0.257. The summed E-state index contributed by atoms with van der Waals surface area (Å²) >= 11 is 7.54. The number of hydrogen-bond donors (Lipinski definition) is 1. The minimum atomic E-state index is -4.90. The number of benzene rings is 5. The largest absolute Gasteiger partial charge is 0.744 e. The number of nitrogens with two attached hydrogens (primary N) is 1. The Balaban J connectivity index is 0.00000133. The zero-order valence-electron chi connectivity index (χ0n) is 31.6. The number of thiocarbonyl (C=S) groups is 1. The maximum absolute atomic E-state index is 13.0. The maximum atomic E-state index is 13.0. The summed E-state index contributed by atoms with van der Waals surface area (Å²) < 4.78 is 50.6. The number of nitrogen functional groups attached to an aromatic ring is 1. The second-order valence-corrected chi connectivity index (χ2v) is 19.1. The molecule has 5 heterocycles.